The van der Waals surface area contributed by atoms with Crippen LogP contribution in [0, 0.1) is 0 Å². The number of nitrogens with one attached hydrogen (secondary N) is 1. The minimum Gasteiger partial charge on any atom is -0.383 e. The van der Waals surface area contributed by atoms with Crippen LogP contribution in [-0.2, 0) is 14.6 Å². The Morgan fingerprint density at radius 1 is 1.35 bits per heavy atom. The van der Waals surface area contributed by atoms with E-state index in [1.807, 2.05) is 0 Å². The van der Waals surface area contributed by atoms with Gasteiger partial charge in [-0.05, 0) is 38.6 Å². The lowest BCUT2D eigenvalue weighted by atomic mass is 9.90. The number of hydrogen-bond acceptors (Lipinski definition) is 4. The Bertz CT molecular complexity index is 347. The number of ether oxygens (including phenoxy) is 1. The number of methoxy groups -OCH3 is 1. The molecule has 0 spiro atoms. The van der Waals surface area contributed by atoms with Gasteiger partial charge in [0.05, 0.1) is 17.6 Å². The molecular formula is C12H23NO3S. The van der Waals surface area contributed by atoms with Crippen molar-refractivity contribution in [1.82, 2.24) is 5.32 Å². The summed E-state index contributed by atoms with van der Waals surface area (Å²) in [6.07, 6.45) is 5.60. The summed E-state index contributed by atoms with van der Waals surface area (Å²) in [5, 5.41) is 3.31. The van der Waals surface area contributed by atoms with Gasteiger partial charge >= 0.3 is 0 Å². The van der Waals surface area contributed by atoms with E-state index in [0.717, 1.165) is 45.1 Å². The van der Waals surface area contributed by atoms with Crippen LogP contribution in [0.5, 0.6) is 0 Å². The molecule has 0 aromatic carbocycles. The molecule has 0 saturated carbocycles. The zero-order chi connectivity index (χ0) is 12.4. The van der Waals surface area contributed by atoms with Crippen LogP contribution in [0.2, 0.25) is 0 Å². The molecule has 2 saturated heterocycles. The van der Waals surface area contributed by atoms with E-state index in [1.54, 1.807) is 7.11 Å². The van der Waals surface area contributed by atoms with E-state index in [4.69, 9.17) is 4.74 Å². The lowest BCUT2D eigenvalue weighted by Gasteiger charge is -2.34. The highest BCUT2D eigenvalue weighted by atomic mass is 32.2. The summed E-state index contributed by atoms with van der Waals surface area (Å²) in [7, 11) is -1.17. The first-order chi connectivity index (χ1) is 8.08. The molecule has 0 aromatic rings. The maximum atomic E-state index is 12.0. The third-order valence-electron chi connectivity index (χ3n) is 4.08. The van der Waals surface area contributed by atoms with Gasteiger partial charge < -0.3 is 10.1 Å². The monoisotopic (exact) mass is 261 g/mol. The molecule has 2 fully saturated rings. The molecule has 2 rings (SSSR count). The highest BCUT2D eigenvalue weighted by molar-refractivity contribution is 7.92. The van der Waals surface area contributed by atoms with Crippen molar-refractivity contribution in [1.29, 1.82) is 0 Å². The topological polar surface area (TPSA) is 55.4 Å². The minimum absolute atomic E-state index is 0.0934. The number of hydrogen-bond donors (Lipinski definition) is 1. The molecule has 5 heteroatoms. The van der Waals surface area contributed by atoms with Crippen molar-refractivity contribution in [3.05, 3.63) is 0 Å². The predicted molar refractivity (Wildman–Crippen MR) is 67.9 cm³/mol. The third-order valence-corrected chi connectivity index (χ3v) is 6.36. The van der Waals surface area contributed by atoms with Gasteiger partial charge in [0.25, 0.3) is 0 Å². The van der Waals surface area contributed by atoms with E-state index in [9.17, 15) is 8.42 Å². The van der Waals surface area contributed by atoms with Crippen molar-refractivity contribution >= 4 is 9.84 Å². The van der Waals surface area contributed by atoms with Crippen molar-refractivity contribution in [3.8, 4) is 0 Å². The smallest absolute Gasteiger partial charge is 0.153 e. The van der Waals surface area contributed by atoms with Gasteiger partial charge in [0.2, 0.25) is 0 Å². The molecule has 2 atom stereocenters. The summed E-state index contributed by atoms with van der Waals surface area (Å²) in [6.45, 7) is 1.61. The van der Waals surface area contributed by atoms with E-state index < -0.39 is 9.84 Å². The molecule has 2 aliphatic rings. The fourth-order valence-corrected chi connectivity index (χ4v) is 5.23. The standard InChI is InChI=1S/C12H23NO3S/c1-16-10-12(6-4-7-13-12)9-11-5-2-3-8-17(11,14)15/h11,13H,2-10H2,1H3. The Kier molecular flexibility index (Phi) is 4.10. The molecule has 17 heavy (non-hydrogen) atoms. The molecule has 1 N–H and O–H groups in total. The largest absolute Gasteiger partial charge is 0.383 e. The van der Waals surface area contributed by atoms with E-state index in [2.05, 4.69) is 5.32 Å². The maximum absolute atomic E-state index is 12.0. The average Bonchev–Trinajstić information content (AvgIpc) is 2.71. The fraction of sp³-hybridized carbons (Fsp3) is 1.00. The van der Waals surface area contributed by atoms with Gasteiger partial charge in [-0.1, -0.05) is 6.42 Å². The zero-order valence-corrected chi connectivity index (χ0v) is 11.4. The quantitative estimate of drug-likeness (QED) is 0.824. The second-order valence-corrected chi connectivity index (χ2v) is 7.83. The molecular weight excluding hydrogens is 238 g/mol. The van der Waals surface area contributed by atoms with Crippen LogP contribution in [0.3, 0.4) is 0 Å². The van der Waals surface area contributed by atoms with Crippen molar-refractivity contribution in [2.24, 2.45) is 0 Å². The first-order valence-corrected chi connectivity index (χ1v) is 8.25. The van der Waals surface area contributed by atoms with Crippen molar-refractivity contribution < 1.29 is 13.2 Å². The van der Waals surface area contributed by atoms with Crippen LogP contribution in [0.15, 0.2) is 0 Å². The van der Waals surface area contributed by atoms with Gasteiger partial charge in [-0.3, -0.25) is 0 Å². The maximum Gasteiger partial charge on any atom is 0.153 e. The van der Waals surface area contributed by atoms with Crippen LogP contribution < -0.4 is 5.32 Å². The highest BCUT2D eigenvalue weighted by Gasteiger charge is 2.40. The molecule has 100 valence electrons. The summed E-state index contributed by atoms with van der Waals surface area (Å²) in [5.74, 6) is 0.376. The summed E-state index contributed by atoms with van der Waals surface area (Å²) in [6, 6.07) is 0. The summed E-state index contributed by atoms with van der Waals surface area (Å²) < 4.78 is 29.4. The molecule has 0 aliphatic carbocycles. The zero-order valence-electron chi connectivity index (χ0n) is 10.6. The van der Waals surface area contributed by atoms with Gasteiger partial charge in [0.15, 0.2) is 9.84 Å². The van der Waals surface area contributed by atoms with E-state index in [1.165, 1.54) is 0 Å². The summed E-state index contributed by atoms with van der Waals surface area (Å²) in [5.41, 5.74) is -0.0934. The third kappa shape index (κ3) is 3.01. The molecule has 0 aromatic heterocycles. The second-order valence-electron chi connectivity index (χ2n) is 5.43. The first-order valence-electron chi connectivity index (χ1n) is 6.54. The van der Waals surface area contributed by atoms with Crippen molar-refractivity contribution in [2.45, 2.75) is 49.3 Å². The van der Waals surface area contributed by atoms with Crippen LogP contribution in [0.25, 0.3) is 0 Å². The summed E-state index contributed by atoms with van der Waals surface area (Å²) >= 11 is 0. The van der Waals surface area contributed by atoms with E-state index in [-0.39, 0.29) is 10.8 Å². The average molecular weight is 261 g/mol. The van der Waals surface area contributed by atoms with Crippen LogP contribution >= 0.6 is 0 Å². The number of rotatable bonds is 4. The SMILES string of the molecule is COCC1(CC2CCCCS2(=O)=O)CCCN1. The molecule has 0 radical (unpaired) electrons. The van der Waals surface area contributed by atoms with Crippen LogP contribution in [0.4, 0.5) is 0 Å². The highest BCUT2D eigenvalue weighted by Crippen LogP contribution is 2.32. The summed E-state index contributed by atoms with van der Waals surface area (Å²) in [4.78, 5) is 0. The molecule has 2 aliphatic heterocycles. The van der Waals surface area contributed by atoms with Crippen molar-refractivity contribution in [2.75, 3.05) is 26.0 Å². The second kappa shape index (κ2) is 5.24. The molecule has 0 bridgehead atoms. The van der Waals surface area contributed by atoms with Gasteiger partial charge in [0.1, 0.15) is 0 Å². The molecule has 2 heterocycles. The normalized spacial score (nSPS) is 37.1. The van der Waals surface area contributed by atoms with Gasteiger partial charge in [-0.2, -0.15) is 0 Å². The lowest BCUT2D eigenvalue weighted by molar-refractivity contribution is 0.113. The molecule has 4 nitrogen and oxygen atoms in total. The van der Waals surface area contributed by atoms with Gasteiger partial charge in [0, 0.05) is 12.6 Å². The van der Waals surface area contributed by atoms with Crippen LogP contribution in [0.1, 0.15) is 38.5 Å². The predicted octanol–water partition coefficient (Wildman–Crippen LogP) is 1.11. The lowest BCUT2D eigenvalue weighted by Crippen LogP contribution is -2.48. The minimum atomic E-state index is -2.86. The van der Waals surface area contributed by atoms with E-state index >= 15 is 0 Å². The Labute approximate surface area is 104 Å². The Morgan fingerprint density at radius 2 is 2.18 bits per heavy atom. The number of sulfone groups is 1. The van der Waals surface area contributed by atoms with E-state index in [0.29, 0.717) is 12.4 Å². The van der Waals surface area contributed by atoms with Crippen molar-refractivity contribution in [3.63, 3.8) is 0 Å². The Hall–Kier alpha value is -0.130. The van der Waals surface area contributed by atoms with Gasteiger partial charge in [-0.25, -0.2) is 8.42 Å². The Morgan fingerprint density at radius 3 is 2.76 bits per heavy atom. The van der Waals surface area contributed by atoms with Gasteiger partial charge in [-0.15, -0.1) is 0 Å². The van der Waals surface area contributed by atoms with Crippen LogP contribution in [-0.4, -0.2) is 45.2 Å². The first kappa shape index (κ1) is 13.3. The Balaban J connectivity index is 2.07. The molecule has 0 amide bonds. The fourth-order valence-electron chi connectivity index (χ4n) is 3.19. The molecule has 2 unspecified atom stereocenters.